The number of likely N-dealkylation sites (tertiary alicyclic amines) is 1. The minimum Gasteiger partial charge on any atom is -0.492 e. The van der Waals surface area contributed by atoms with Gasteiger partial charge in [-0.25, -0.2) is 0 Å². The Bertz CT molecular complexity index is 747. The molecular formula is C22H27N3O2. The first-order valence-corrected chi connectivity index (χ1v) is 9.56. The molecule has 142 valence electrons. The molecule has 0 aliphatic carbocycles. The summed E-state index contributed by atoms with van der Waals surface area (Å²) in [4.78, 5) is 2.46. The van der Waals surface area contributed by atoms with E-state index in [4.69, 9.17) is 10.00 Å². The van der Waals surface area contributed by atoms with E-state index in [1.165, 1.54) is 5.56 Å². The third kappa shape index (κ3) is 5.72. The molecule has 1 heterocycles. The fourth-order valence-electron chi connectivity index (χ4n) is 3.38. The molecule has 0 radical (unpaired) electrons. The van der Waals surface area contributed by atoms with E-state index < -0.39 is 0 Å². The van der Waals surface area contributed by atoms with Gasteiger partial charge in [-0.2, -0.15) is 5.26 Å². The average Bonchev–Trinajstić information content (AvgIpc) is 2.73. The third-order valence-corrected chi connectivity index (χ3v) is 5.05. The van der Waals surface area contributed by atoms with Gasteiger partial charge in [-0.05, 0) is 67.7 Å². The van der Waals surface area contributed by atoms with E-state index in [-0.39, 0.29) is 0 Å². The largest absolute Gasteiger partial charge is 0.492 e. The lowest BCUT2D eigenvalue weighted by atomic mass is 9.97. The molecule has 0 bridgehead atoms. The average molecular weight is 365 g/mol. The number of anilines is 1. The van der Waals surface area contributed by atoms with Gasteiger partial charge in [0.05, 0.1) is 11.6 Å². The predicted octanol–water partition coefficient (Wildman–Crippen LogP) is 3.25. The van der Waals surface area contributed by atoms with Crippen LogP contribution in [-0.2, 0) is 6.54 Å². The van der Waals surface area contributed by atoms with Crippen LogP contribution in [-0.4, -0.2) is 42.9 Å². The van der Waals surface area contributed by atoms with Crippen molar-refractivity contribution in [3.05, 3.63) is 59.7 Å². The molecule has 1 aliphatic rings. The van der Waals surface area contributed by atoms with Crippen LogP contribution in [0.15, 0.2) is 48.5 Å². The highest BCUT2D eigenvalue weighted by Crippen LogP contribution is 2.22. The van der Waals surface area contributed by atoms with Crippen molar-refractivity contribution in [2.24, 2.45) is 5.92 Å². The molecule has 2 aromatic carbocycles. The second-order valence-corrected chi connectivity index (χ2v) is 6.97. The summed E-state index contributed by atoms with van der Waals surface area (Å²) in [6.45, 7) is 4.59. The van der Waals surface area contributed by atoms with Gasteiger partial charge < -0.3 is 15.2 Å². The standard InChI is InChI=1S/C22H27N3O2/c23-15-18-5-7-21(8-6-18)27-14-11-24-22-4-2-1-3-20(22)16-25-12-9-19(17-26)10-13-25/h1-8,19,24,26H,9-14,16-17H2. The highest BCUT2D eigenvalue weighted by atomic mass is 16.5. The number of nitriles is 1. The Morgan fingerprint density at radius 1 is 1.11 bits per heavy atom. The van der Waals surface area contributed by atoms with Crippen LogP contribution >= 0.6 is 0 Å². The summed E-state index contributed by atoms with van der Waals surface area (Å²) in [6, 6.07) is 17.7. The SMILES string of the molecule is N#Cc1ccc(OCCNc2ccccc2CN2CCC(CO)CC2)cc1. The quantitative estimate of drug-likeness (QED) is 0.703. The number of para-hydroxylation sites is 1. The van der Waals surface area contributed by atoms with E-state index in [1.807, 2.05) is 18.2 Å². The molecule has 0 atom stereocenters. The number of benzene rings is 2. The second-order valence-electron chi connectivity index (χ2n) is 6.97. The van der Waals surface area contributed by atoms with E-state index in [2.05, 4.69) is 34.5 Å². The van der Waals surface area contributed by atoms with Crippen LogP contribution in [0, 0.1) is 17.2 Å². The van der Waals surface area contributed by atoms with Crippen LogP contribution in [0.2, 0.25) is 0 Å². The summed E-state index contributed by atoms with van der Waals surface area (Å²) in [7, 11) is 0. The monoisotopic (exact) mass is 365 g/mol. The number of aliphatic hydroxyl groups excluding tert-OH is 1. The maximum Gasteiger partial charge on any atom is 0.119 e. The zero-order chi connectivity index (χ0) is 18.9. The molecule has 1 fully saturated rings. The first-order chi connectivity index (χ1) is 13.3. The van der Waals surface area contributed by atoms with E-state index in [1.54, 1.807) is 12.1 Å². The predicted molar refractivity (Wildman–Crippen MR) is 107 cm³/mol. The molecular weight excluding hydrogens is 338 g/mol. The van der Waals surface area contributed by atoms with Crippen molar-refractivity contribution in [2.45, 2.75) is 19.4 Å². The van der Waals surface area contributed by atoms with Crippen molar-refractivity contribution in [2.75, 3.05) is 38.2 Å². The van der Waals surface area contributed by atoms with Crippen molar-refractivity contribution >= 4 is 5.69 Å². The van der Waals surface area contributed by atoms with Gasteiger partial charge in [-0.3, -0.25) is 4.90 Å². The molecule has 27 heavy (non-hydrogen) atoms. The smallest absolute Gasteiger partial charge is 0.119 e. The number of nitrogens with one attached hydrogen (secondary N) is 1. The summed E-state index contributed by atoms with van der Waals surface area (Å²) in [5.74, 6) is 1.24. The van der Waals surface area contributed by atoms with Gasteiger partial charge in [0.1, 0.15) is 12.4 Å². The third-order valence-electron chi connectivity index (χ3n) is 5.05. The summed E-state index contributed by atoms with van der Waals surface area (Å²) < 4.78 is 5.74. The van der Waals surface area contributed by atoms with E-state index in [9.17, 15) is 5.11 Å². The molecule has 0 aromatic heterocycles. The molecule has 1 aliphatic heterocycles. The van der Waals surface area contributed by atoms with Gasteiger partial charge in [0.15, 0.2) is 0 Å². The Morgan fingerprint density at radius 3 is 2.56 bits per heavy atom. The number of hydrogen-bond acceptors (Lipinski definition) is 5. The fraction of sp³-hybridized carbons (Fsp3) is 0.409. The molecule has 5 nitrogen and oxygen atoms in total. The number of ether oxygens (including phenoxy) is 1. The molecule has 0 spiro atoms. The second kappa shape index (κ2) is 9.96. The summed E-state index contributed by atoms with van der Waals surface area (Å²) in [5.41, 5.74) is 3.07. The molecule has 2 N–H and O–H groups in total. The van der Waals surface area contributed by atoms with Gasteiger partial charge in [0.2, 0.25) is 0 Å². The number of nitrogens with zero attached hydrogens (tertiary/aromatic N) is 2. The van der Waals surface area contributed by atoms with Crippen LogP contribution in [0.1, 0.15) is 24.0 Å². The molecule has 2 aromatic rings. The normalized spacial score (nSPS) is 15.3. The molecule has 5 heteroatoms. The lowest BCUT2D eigenvalue weighted by Crippen LogP contribution is -2.34. The zero-order valence-electron chi connectivity index (χ0n) is 15.6. The lowest BCUT2D eigenvalue weighted by molar-refractivity contribution is 0.127. The molecule has 1 saturated heterocycles. The zero-order valence-corrected chi connectivity index (χ0v) is 15.6. The van der Waals surface area contributed by atoms with Gasteiger partial charge in [-0.1, -0.05) is 18.2 Å². The first-order valence-electron chi connectivity index (χ1n) is 9.56. The van der Waals surface area contributed by atoms with Crippen LogP contribution in [0.4, 0.5) is 5.69 Å². The minimum atomic E-state index is 0.311. The van der Waals surface area contributed by atoms with Crippen LogP contribution in [0.25, 0.3) is 0 Å². The van der Waals surface area contributed by atoms with E-state index in [0.717, 1.165) is 43.9 Å². The maximum atomic E-state index is 9.29. The summed E-state index contributed by atoms with van der Waals surface area (Å²) in [5, 5.41) is 21.6. The Balaban J connectivity index is 1.47. The number of rotatable bonds is 8. The molecule has 0 unspecified atom stereocenters. The van der Waals surface area contributed by atoms with Crippen LogP contribution in [0.5, 0.6) is 5.75 Å². The van der Waals surface area contributed by atoms with Gasteiger partial charge in [0, 0.05) is 25.4 Å². The topological polar surface area (TPSA) is 68.5 Å². The van der Waals surface area contributed by atoms with Crippen molar-refractivity contribution in [1.82, 2.24) is 4.90 Å². The van der Waals surface area contributed by atoms with Crippen molar-refractivity contribution < 1.29 is 9.84 Å². The lowest BCUT2D eigenvalue weighted by Gasteiger charge is -2.31. The molecule has 0 saturated carbocycles. The summed E-state index contributed by atoms with van der Waals surface area (Å²) >= 11 is 0. The Kier molecular flexibility index (Phi) is 7.09. The fourth-order valence-corrected chi connectivity index (χ4v) is 3.38. The Hall–Kier alpha value is -2.55. The maximum absolute atomic E-state index is 9.29. The first kappa shape index (κ1) is 19.2. The minimum absolute atomic E-state index is 0.311. The van der Waals surface area contributed by atoms with E-state index in [0.29, 0.717) is 31.2 Å². The van der Waals surface area contributed by atoms with Crippen LogP contribution < -0.4 is 10.1 Å². The van der Waals surface area contributed by atoms with Gasteiger partial charge in [0.25, 0.3) is 0 Å². The van der Waals surface area contributed by atoms with Gasteiger partial charge in [-0.15, -0.1) is 0 Å². The molecule has 0 amide bonds. The Labute approximate surface area is 161 Å². The summed E-state index contributed by atoms with van der Waals surface area (Å²) in [6.07, 6.45) is 2.15. The molecule has 3 rings (SSSR count). The van der Waals surface area contributed by atoms with Crippen LogP contribution in [0.3, 0.4) is 0 Å². The van der Waals surface area contributed by atoms with E-state index >= 15 is 0 Å². The number of hydrogen-bond donors (Lipinski definition) is 2. The highest BCUT2D eigenvalue weighted by Gasteiger charge is 2.19. The van der Waals surface area contributed by atoms with Crippen molar-refractivity contribution in [3.63, 3.8) is 0 Å². The number of piperidine rings is 1. The van der Waals surface area contributed by atoms with Crippen molar-refractivity contribution in [1.29, 1.82) is 5.26 Å². The Morgan fingerprint density at radius 2 is 1.85 bits per heavy atom. The van der Waals surface area contributed by atoms with Gasteiger partial charge >= 0.3 is 0 Å². The number of aliphatic hydroxyl groups is 1. The highest BCUT2D eigenvalue weighted by molar-refractivity contribution is 5.51. The van der Waals surface area contributed by atoms with Crippen molar-refractivity contribution in [3.8, 4) is 11.8 Å².